The van der Waals surface area contributed by atoms with Crippen molar-refractivity contribution in [1.29, 1.82) is 0 Å². The van der Waals surface area contributed by atoms with Crippen LogP contribution in [-0.4, -0.2) is 37.9 Å². The minimum atomic E-state index is 0.455. The van der Waals surface area contributed by atoms with Crippen LogP contribution in [0.4, 0.5) is 11.6 Å². The van der Waals surface area contributed by atoms with Crippen molar-refractivity contribution >= 4 is 11.6 Å². The number of anilines is 2. The third kappa shape index (κ3) is 4.87. The van der Waals surface area contributed by atoms with Crippen molar-refractivity contribution < 1.29 is 18.9 Å². The zero-order valence-corrected chi connectivity index (χ0v) is 17.1. The summed E-state index contributed by atoms with van der Waals surface area (Å²) in [5, 5.41) is 3.19. The first-order valence-electron chi connectivity index (χ1n) is 9.31. The molecular formula is C22H25N3O4. The summed E-state index contributed by atoms with van der Waals surface area (Å²) in [7, 11) is 4.72. The van der Waals surface area contributed by atoms with Crippen molar-refractivity contribution in [3.8, 4) is 34.3 Å². The molecule has 29 heavy (non-hydrogen) atoms. The lowest BCUT2D eigenvalue weighted by molar-refractivity contribution is 0.317. The maximum absolute atomic E-state index is 5.72. The number of nitrogens with zero attached hydrogens (tertiary/aromatic N) is 2. The van der Waals surface area contributed by atoms with Gasteiger partial charge in [-0.3, -0.25) is 0 Å². The van der Waals surface area contributed by atoms with Crippen LogP contribution in [0.25, 0.3) is 11.3 Å². The van der Waals surface area contributed by atoms with Crippen LogP contribution in [0.5, 0.6) is 23.0 Å². The first kappa shape index (κ1) is 20.3. The van der Waals surface area contributed by atoms with Crippen molar-refractivity contribution in [1.82, 2.24) is 9.97 Å². The molecule has 0 fully saturated rings. The lowest BCUT2D eigenvalue weighted by atomic mass is 10.1. The fourth-order valence-electron chi connectivity index (χ4n) is 2.83. The average Bonchev–Trinajstić information content (AvgIpc) is 2.77. The van der Waals surface area contributed by atoms with Gasteiger partial charge in [-0.05, 0) is 24.6 Å². The molecule has 0 spiro atoms. The SMILES string of the molecule is CCCOc1cccc(-c2ccnc(Nc3cc(OC)c(OC)c(OC)c3)n2)c1. The molecule has 7 heteroatoms. The van der Waals surface area contributed by atoms with Gasteiger partial charge in [0.15, 0.2) is 11.5 Å². The van der Waals surface area contributed by atoms with E-state index in [1.54, 1.807) is 39.7 Å². The van der Waals surface area contributed by atoms with Crippen LogP contribution in [0, 0.1) is 0 Å². The zero-order chi connectivity index (χ0) is 20.6. The van der Waals surface area contributed by atoms with Gasteiger partial charge in [0.05, 0.1) is 33.6 Å². The van der Waals surface area contributed by atoms with Crippen LogP contribution in [-0.2, 0) is 0 Å². The van der Waals surface area contributed by atoms with E-state index in [2.05, 4.69) is 22.2 Å². The van der Waals surface area contributed by atoms with Crippen LogP contribution in [0.15, 0.2) is 48.7 Å². The molecule has 0 saturated heterocycles. The Morgan fingerprint density at radius 1 is 0.931 bits per heavy atom. The first-order chi connectivity index (χ1) is 14.2. The van der Waals surface area contributed by atoms with Crippen molar-refractivity contribution in [3.63, 3.8) is 0 Å². The molecule has 7 nitrogen and oxygen atoms in total. The molecule has 0 aliphatic rings. The van der Waals surface area contributed by atoms with E-state index < -0.39 is 0 Å². The van der Waals surface area contributed by atoms with E-state index in [0.29, 0.717) is 29.8 Å². The fraction of sp³-hybridized carbons (Fsp3) is 0.273. The highest BCUT2D eigenvalue weighted by molar-refractivity contribution is 5.67. The van der Waals surface area contributed by atoms with Crippen LogP contribution in [0.2, 0.25) is 0 Å². The summed E-state index contributed by atoms with van der Waals surface area (Å²) in [6.07, 6.45) is 2.67. The van der Waals surface area contributed by atoms with E-state index >= 15 is 0 Å². The lowest BCUT2D eigenvalue weighted by Gasteiger charge is -2.14. The molecule has 1 heterocycles. The molecule has 2 aromatic carbocycles. The molecule has 3 aromatic rings. The predicted molar refractivity (Wildman–Crippen MR) is 113 cm³/mol. The summed E-state index contributed by atoms with van der Waals surface area (Å²) in [6.45, 7) is 2.76. The van der Waals surface area contributed by atoms with Crippen LogP contribution >= 0.6 is 0 Å². The summed E-state index contributed by atoms with van der Waals surface area (Å²) in [5.74, 6) is 2.90. The van der Waals surface area contributed by atoms with E-state index in [0.717, 1.165) is 29.1 Å². The number of hydrogen-bond acceptors (Lipinski definition) is 7. The topological polar surface area (TPSA) is 74.7 Å². The highest BCUT2D eigenvalue weighted by Gasteiger charge is 2.14. The summed E-state index contributed by atoms with van der Waals surface area (Å²) in [5.41, 5.74) is 2.46. The van der Waals surface area contributed by atoms with Gasteiger partial charge in [-0.25, -0.2) is 9.97 Å². The van der Waals surface area contributed by atoms with Crippen LogP contribution in [0.1, 0.15) is 13.3 Å². The largest absolute Gasteiger partial charge is 0.494 e. The Bertz CT molecular complexity index is 937. The Hall–Kier alpha value is -3.48. The number of rotatable bonds is 9. The van der Waals surface area contributed by atoms with Crippen LogP contribution in [0.3, 0.4) is 0 Å². The molecule has 152 valence electrons. The number of nitrogens with one attached hydrogen (secondary N) is 1. The molecule has 0 amide bonds. The molecule has 0 radical (unpaired) electrons. The Morgan fingerprint density at radius 2 is 1.69 bits per heavy atom. The van der Waals surface area contributed by atoms with E-state index in [4.69, 9.17) is 18.9 Å². The summed E-state index contributed by atoms with van der Waals surface area (Å²) in [4.78, 5) is 8.94. The summed E-state index contributed by atoms with van der Waals surface area (Å²) < 4.78 is 21.9. The van der Waals surface area contributed by atoms with Gasteiger partial charge in [0, 0.05) is 29.6 Å². The number of methoxy groups -OCH3 is 3. The molecule has 3 rings (SSSR count). The smallest absolute Gasteiger partial charge is 0.227 e. The Balaban J connectivity index is 1.87. The zero-order valence-electron chi connectivity index (χ0n) is 17.1. The van der Waals surface area contributed by atoms with Gasteiger partial charge in [-0.15, -0.1) is 0 Å². The molecule has 0 unspecified atom stereocenters. The normalized spacial score (nSPS) is 10.3. The van der Waals surface area contributed by atoms with Gasteiger partial charge in [-0.2, -0.15) is 0 Å². The third-order valence-corrected chi connectivity index (χ3v) is 4.18. The monoisotopic (exact) mass is 395 g/mol. The molecule has 0 atom stereocenters. The molecular weight excluding hydrogens is 370 g/mol. The van der Waals surface area contributed by atoms with Gasteiger partial charge < -0.3 is 24.3 Å². The van der Waals surface area contributed by atoms with Gasteiger partial charge in [0.1, 0.15) is 5.75 Å². The van der Waals surface area contributed by atoms with Gasteiger partial charge in [0.2, 0.25) is 11.7 Å². The second-order valence-electron chi connectivity index (χ2n) is 6.18. The number of benzene rings is 2. The molecule has 0 saturated carbocycles. The molecule has 0 aliphatic carbocycles. The standard InChI is InChI=1S/C22H25N3O4/c1-5-11-29-17-8-6-7-15(12-17)18-9-10-23-22(25-18)24-16-13-19(26-2)21(28-4)20(14-16)27-3/h6-10,12-14H,5,11H2,1-4H3,(H,23,24,25). The number of aromatic nitrogens is 2. The number of ether oxygens (including phenoxy) is 4. The van der Waals surface area contributed by atoms with Crippen molar-refractivity contribution in [3.05, 3.63) is 48.7 Å². The van der Waals surface area contributed by atoms with Crippen molar-refractivity contribution in [2.45, 2.75) is 13.3 Å². The second kappa shape index (κ2) is 9.64. The third-order valence-electron chi connectivity index (χ3n) is 4.18. The maximum Gasteiger partial charge on any atom is 0.227 e. The minimum absolute atomic E-state index is 0.455. The Labute approximate surface area is 170 Å². The molecule has 0 bridgehead atoms. The highest BCUT2D eigenvalue weighted by atomic mass is 16.5. The Kier molecular flexibility index (Phi) is 6.73. The number of hydrogen-bond donors (Lipinski definition) is 1. The molecule has 1 aromatic heterocycles. The predicted octanol–water partition coefficient (Wildman–Crippen LogP) is 4.70. The lowest BCUT2D eigenvalue weighted by Crippen LogP contribution is -2.01. The van der Waals surface area contributed by atoms with Gasteiger partial charge in [0.25, 0.3) is 0 Å². The van der Waals surface area contributed by atoms with Crippen molar-refractivity contribution in [2.24, 2.45) is 0 Å². The first-order valence-corrected chi connectivity index (χ1v) is 9.31. The molecule has 0 aliphatic heterocycles. The summed E-state index contributed by atoms with van der Waals surface area (Å²) in [6, 6.07) is 13.3. The maximum atomic E-state index is 5.72. The van der Waals surface area contributed by atoms with Crippen LogP contribution < -0.4 is 24.3 Å². The van der Waals surface area contributed by atoms with E-state index in [9.17, 15) is 0 Å². The quantitative estimate of drug-likeness (QED) is 0.563. The van der Waals surface area contributed by atoms with E-state index in [-0.39, 0.29) is 0 Å². The summed E-state index contributed by atoms with van der Waals surface area (Å²) >= 11 is 0. The minimum Gasteiger partial charge on any atom is -0.494 e. The average molecular weight is 395 g/mol. The van der Waals surface area contributed by atoms with Crippen molar-refractivity contribution in [2.75, 3.05) is 33.3 Å². The van der Waals surface area contributed by atoms with E-state index in [1.165, 1.54) is 0 Å². The van der Waals surface area contributed by atoms with Gasteiger partial charge in [-0.1, -0.05) is 19.1 Å². The molecule has 1 N–H and O–H groups in total. The second-order valence-corrected chi connectivity index (χ2v) is 6.18. The highest BCUT2D eigenvalue weighted by Crippen LogP contribution is 2.40. The van der Waals surface area contributed by atoms with E-state index in [1.807, 2.05) is 30.3 Å². The Morgan fingerprint density at radius 3 is 2.34 bits per heavy atom. The fourth-order valence-corrected chi connectivity index (χ4v) is 2.83. The van der Waals surface area contributed by atoms with Gasteiger partial charge >= 0.3 is 0 Å².